The molecule has 100 valence electrons. The first-order valence-electron chi connectivity index (χ1n) is 2.54. The van der Waals surface area contributed by atoms with Gasteiger partial charge in [0.25, 0.3) is 0 Å². The molecule has 0 saturated carbocycles. The van der Waals surface area contributed by atoms with Crippen LogP contribution in [0.3, 0.4) is 0 Å². The van der Waals surface area contributed by atoms with Gasteiger partial charge in [0, 0.05) is 0 Å². The van der Waals surface area contributed by atoms with E-state index < -0.39 is 23.2 Å². The Labute approximate surface area is 165 Å². The third kappa shape index (κ3) is 12.9. The molecule has 0 atom stereocenters. The van der Waals surface area contributed by atoms with E-state index in [9.17, 15) is 25.9 Å². The minimum Gasteiger partial charge on any atom is -0.746 e. The molecule has 0 aromatic rings. The van der Waals surface area contributed by atoms with E-state index in [1.165, 1.54) is 0 Å². The van der Waals surface area contributed by atoms with Crippen molar-refractivity contribution in [3.05, 3.63) is 0 Å². The summed E-state index contributed by atoms with van der Waals surface area (Å²) in [5.74, 6) is 0. The first-order valence-corrected chi connectivity index (χ1v) is 10.1. The van der Waals surface area contributed by atoms with Gasteiger partial charge in [0.2, 0.25) is 2.95 Å². The fourth-order valence-electron chi connectivity index (χ4n) is 0. The number of halogens is 6. The molecule has 0 saturated heterocycles. The number of rotatable bonds is 0. The number of hydrogen-bond acceptors (Lipinski definition) is 6. The van der Waals surface area contributed by atoms with Crippen LogP contribution in [0.1, 0.15) is 0 Å². The molecule has 0 radical (unpaired) electrons. The van der Waals surface area contributed by atoms with Crippen LogP contribution in [0, 0.1) is 0 Å². The van der Waals surface area contributed by atoms with Crippen molar-refractivity contribution in [1.29, 1.82) is 0 Å². The molecule has 0 N–H and O–H groups in total. The fourth-order valence-corrected chi connectivity index (χ4v) is 0. The Morgan fingerprint density at radius 1 is 0.647 bits per heavy atom. The molecule has 0 aliphatic heterocycles. The summed E-state index contributed by atoms with van der Waals surface area (Å²) in [6, 6.07) is 0. The van der Waals surface area contributed by atoms with Gasteiger partial charge in [0.1, 0.15) is 20.2 Å². The summed E-state index contributed by atoms with van der Waals surface area (Å²) in [6.45, 7) is 0. The Morgan fingerprint density at radius 3 is 0.706 bits per heavy atom. The number of alkyl halides is 6. The molecule has 17 heavy (non-hydrogen) atoms. The van der Waals surface area contributed by atoms with Crippen LogP contribution in [0.15, 0.2) is 0 Å². The zero-order valence-corrected chi connectivity index (χ0v) is 19.8. The second-order valence-electron chi connectivity index (χ2n) is 1.80. The monoisotopic (exact) mass is 681 g/mol. The van der Waals surface area contributed by atoms with Crippen molar-refractivity contribution in [2.45, 2.75) is 2.95 Å². The molecule has 0 amide bonds. The third-order valence-electron chi connectivity index (χ3n) is 0.567. The van der Waals surface area contributed by atoms with Crippen LogP contribution in [0.25, 0.3) is 0 Å². The van der Waals surface area contributed by atoms with Gasteiger partial charge in [-0.05, 0) is 95.6 Å². The van der Waals surface area contributed by atoms with Gasteiger partial charge in [-0.3, -0.25) is 0 Å². The minimum atomic E-state index is -4.34. The van der Waals surface area contributed by atoms with Gasteiger partial charge >= 0.3 is 23.1 Å². The van der Waals surface area contributed by atoms with Gasteiger partial charge in [-0.15, -0.1) is 0 Å². The maximum Gasteiger partial charge on any atom is 2.00 e. The molecule has 0 rings (SSSR count). The van der Waals surface area contributed by atoms with Crippen molar-refractivity contribution in [3.63, 3.8) is 0 Å². The molecular weight excluding hydrogens is 688 g/mol. The van der Waals surface area contributed by atoms with Gasteiger partial charge < -0.3 is 9.11 Å². The maximum atomic E-state index is 9.96. The Bertz CT molecular complexity index is 374. The van der Waals surface area contributed by atoms with Gasteiger partial charge in [-0.1, -0.05) is 0 Å². The van der Waals surface area contributed by atoms with E-state index in [1.54, 1.807) is 0 Å². The van der Waals surface area contributed by atoms with Crippen molar-refractivity contribution in [2.24, 2.45) is 0 Å². The molecule has 15 heteroatoms. The van der Waals surface area contributed by atoms with Crippen LogP contribution in [0.5, 0.6) is 0 Å². The quantitative estimate of drug-likeness (QED) is 0.220. The zero-order chi connectivity index (χ0) is 14.0. The average molecular weight is 688 g/mol. The van der Waals surface area contributed by atoms with Gasteiger partial charge in [0.05, 0.1) is 0 Å². The van der Waals surface area contributed by atoms with Crippen molar-refractivity contribution in [1.82, 2.24) is 0 Å². The normalized spacial score (nSPS) is 13.2. The average Bonchev–Trinajstić information content (AvgIpc) is 1.77. The largest absolute Gasteiger partial charge is 2.00 e. The fraction of sp³-hybridized carbons (Fsp3) is 1.00. The summed E-state index contributed by atoms with van der Waals surface area (Å²) < 4.78 is 56.3. The van der Waals surface area contributed by atoms with E-state index in [0.717, 1.165) is 0 Å². The summed E-state index contributed by atoms with van der Waals surface area (Å²) in [6.07, 6.45) is 0. The minimum absolute atomic E-state index is 0. The van der Waals surface area contributed by atoms with Crippen LogP contribution in [-0.4, -0.2) is 51.9 Å². The second-order valence-corrected chi connectivity index (χ2v) is 21.5. The van der Waals surface area contributed by atoms with E-state index in [1.807, 2.05) is 0 Å². The first kappa shape index (κ1) is 25.4. The van der Waals surface area contributed by atoms with E-state index in [4.69, 9.17) is 0 Å². The topological polar surface area (TPSA) is 114 Å². The molecular formula is C2Br6MgO6S2. The molecule has 0 aliphatic carbocycles. The molecule has 0 aromatic carbocycles. The Balaban J connectivity index is -0.000000218. The molecule has 6 nitrogen and oxygen atoms in total. The van der Waals surface area contributed by atoms with Gasteiger partial charge in [-0.2, -0.15) is 0 Å². The Kier molecular flexibility index (Phi) is 13.2. The van der Waals surface area contributed by atoms with Crippen LogP contribution in [-0.2, 0) is 20.2 Å². The molecule has 0 spiro atoms. The third-order valence-corrected chi connectivity index (χ3v) is 8.84. The Hall–Kier alpha value is 3.47. The maximum absolute atomic E-state index is 9.96. The molecule has 0 heterocycles. The van der Waals surface area contributed by atoms with E-state index in [2.05, 4.69) is 95.6 Å². The summed E-state index contributed by atoms with van der Waals surface area (Å²) in [5, 5.41) is 0. The van der Waals surface area contributed by atoms with E-state index in [-0.39, 0.29) is 23.1 Å². The van der Waals surface area contributed by atoms with Crippen LogP contribution >= 0.6 is 95.6 Å². The first-order chi connectivity index (χ1) is 6.50. The van der Waals surface area contributed by atoms with Crippen molar-refractivity contribution >= 4 is 139 Å². The van der Waals surface area contributed by atoms with Crippen molar-refractivity contribution < 1.29 is 25.9 Å². The Morgan fingerprint density at radius 2 is 0.706 bits per heavy atom. The number of hydrogen-bond donors (Lipinski definition) is 0. The molecule has 0 fully saturated rings. The van der Waals surface area contributed by atoms with E-state index in [0.29, 0.717) is 0 Å². The summed E-state index contributed by atoms with van der Waals surface area (Å²) in [5.41, 5.74) is 0. The van der Waals surface area contributed by atoms with E-state index >= 15 is 0 Å². The second kappa shape index (κ2) is 8.80. The SMILES string of the molecule is O=S(=O)([O-])C(Br)(Br)Br.O=S(=O)([O-])C(Br)(Br)Br.[Mg+2]. The molecule has 0 aliphatic rings. The molecule has 0 unspecified atom stereocenters. The van der Waals surface area contributed by atoms with Crippen LogP contribution in [0.4, 0.5) is 0 Å². The predicted molar refractivity (Wildman–Crippen MR) is 84.2 cm³/mol. The van der Waals surface area contributed by atoms with Crippen LogP contribution < -0.4 is 0 Å². The van der Waals surface area contributed by atoms with Crippen molar-refractivity contribution in [2.75, 3.05) is 0 Å². The molecule has 0 bridgehead atoms. The zero-order valence-electron chi connectivity index (χ0n) is 7.24. The van der Waals surface area contributed by atoms with Crippen LogP contribution in [0.2, 0.25) is 0 Å². The summed E-state index contributed by atoms with van der Waals surface area (Å²) >= 11 is 15.2. The summed E-state index contributed by atoms with van der Waals surface area (Å²) in [4.78, 5) is 0. The van der Waals surface area contributed by atoms with Gasteiger partial charge in [-0.25, -0.2) is 16.8 Å². The molecule has 0 aromatic heterocycles. The van der Waals surface area contributed by atoms with Crippen molar-refractivity contribution in [3.8, 4) is 0 Å². The summed E-state index contributed by atoms with van der Waals surface area (Å²) in [7, 11) is -8.68. The standard InChI is InChI=1S/2CHBr3O3S.Mg/c2*2-1(3,4)8(5,6)7;/h2*(H,5,6,7);/q;;+2/p-2. The smallest absolute Gasteiger partial charge is 0.746 e. The predicted octanol–water partition coefficient (Wildman–Crippen LogP) is 2.27. The van der Waals surface area contributed by atoms with Gasteiger partial charge in [0.15, 0.2) is 0 Å².